The first-order valence-electron chi connectivity index (χ1n) is 6.09. The van der Waals surface area contributed by atoms with E-state index in [9.17, 15) is 4.21 Å². The van der Waals surface area contributed by atoms with Gasteiger partial charge in [0.15, 0.2) is 0 Å². The van der Waals surface area contributed by atoms with Crippen LogP contribution in [0.5, 0.6) is 0 Å². The Morgan fingerprint density at radius 1 is 1.47 bits per heavy atom. The van der Waals surface area contributed by atoms with Crippen molar-refractivity contribution in [3.05, 3.63) is 18.3 Å². The molecule has 0 unspecified atom stereocenters. The average molecular weight is 253 g/mol. The van der Waals surface area contributed by atoms with Gasteiger partial charge in [-0.05, 0) is 12.5 Å². The number of hydrogen-bond donors (Lipinski definition) is 1. The number of pyridine rings is 1. The lowest BCUT2D eigenvalue weighted by atomic mass is 10.3. The molecule has 0 bridgehead atoms. The van der Waals surface area contributed by atoms with E-state index >= 15 is 0 Å². The van der Waals surface area contributed by atoms with E-state index in [2.05, 4.69) is 28.2 Å². The molecule has 5 heteroatoms. The first-order chi connectivity index (χ1) is 8.29. The number of aromatic nitrogens is 1. The van der Waals surface area contributed by atoms with Crippen LogP contribution in [0.2, 0.25) is 0 Å². The molecule has 17 heavy (non-hydrogen) atoms. The minimum atomic E-state index is -0.618. The fourth-order valence-electron chi connectivity index (χ4n) is 1.86. The lowest BCUT2D eigenvalue weighted by molar-refractivity contribution is 0.673. The normalized spacial score (nSPS) is 17.1. The Morgan fingerprint density at radius 3 is 2.94 bits per heavy atom. The molecule has 2 rings (SSSR count). The minimum absolute atomic E-state index is 0.618. The highest BCUT2D eigenvalue weighted by atomic mass is 32.2. The van der Waals surface area contributed by atoms with Gasteiger partial charge in [0.05, 0.1) is 0 Å². The Kier molecular flexibility index (Phi) is 4.36. The van der Waals surface area contributed by atoms with Gasteiger partial charge in [0.1, 0.15) is 5.82 Å². The van der Waals surface area contributed by atoms with Gasteiger partial charge >= 0.3 is 0 Å². The Bertz CT molecular complexity index is 387. The fourth-order valence-corrected chi connectivity index (χ4v) is 2.91. The lowest BCUT2D eigenvalue weighted by Crippen LogP contribution is -2.37. The quantitative estimate of drug-likeness (QED) is 0.882. The van der Waals surface area contributed by atoms with Gasteiger partial charge in [-0.15, -0.1) is 0 Å². The minimum Gasteiger partial charge on any atom is -0.370 e. The van der Waals surface area contributed by atoms with Crippen molar-refractivity contribution in [3.8, 4) is 0 Å². The highest BCUT2D eigenvalue weighted by molar-refractivity contribution is 7.85. The molecule has 0 aromatic carbocycles. The van der Waals surface area contributed by atoms with Gasteiger partial charge in [-0.25, -0.2) is 4.98 Å². The first-order valence-corrected chi connectivity index (χ1v) is 7.58. The highest BCUT2D eigenvalue weighted by Crippen LogP contribution is 2.18. The zero-order chi connectivity index (χ0) is 12.1. The van der Waals surface area contributed by atoms with Crippen LogP contribution in [0.15, 0.2) is 18.3 Å². The van der Waals surface area contributed by atoms with E-state index in [4.69, 9.17) is 0 Å². The van der Waals surface area contributed by atoms with E-state index in [0.717, 1.165) is 43.4 Å². The summed E-state index contributed by atoms with van der Waals surface area (Å²) in [6.45, 7) is 4.84. The number of anilines is 2. The third-order valence-electron chi connectivity index (χ3n) is 2.84. The second-order valence-electron chi connectivity index (χ2n) is 4.16. The molecular weight excluding hydrogens is 234 g/mol. The third-order valence-corrected chi connectivity index (χ3v) is 4.12. The fraction of sp³-hybridized carbons (Fsp3) is 0.583. The van der Waals surface area contributed by atoms with Crippen LogP contribution < -0.4 is 10.2 Å². The van der Waals surface area contributed by atoms with Crippen molar-refractivity contribution in [1.29, 1.82) is 0 Å². The molecule has 94 valence electrons. The van der Waals surface area contributed by atoms with Crippen molar-refractivity contribution < 1.29 is 4.21 Å². The molecule has 0 spiro atoms. The summed E-state index contributed by atoms with van der Waals surface area (Å²) in [4.78, 5) is 6.57. The van der Waals surface area contributed by atoms with Gasteiger partial charge < -0.3 is 10.2 Å². The maximum atomic E-state index is 11.3. The number of hydrogen-bond acceptors (Lipinski definition) is 4. The van der Waals surface area contributed by atoms with E-state index < -0.39 is 10.8 Å². The Balaban J connectivity index is 2.02. The van der Waals surface area contributed by atoms with Crippen molar-refractivity contribution >= 4 is 22.3 Å². The summed E-state index contributed by atoms with van der Waals surface area (Å²) >= 11 is 0. The summed E-state index contributed by atoms with van der Waals surface area (Å²) in [5.74, 6) is 2.48. The van der Waals surface area contributed by atoms with Crippen LogP contribution >= 0.6 is 0 Å². The molecule has 1 aromatic rings. The van der Waals surface area contributed by atoms with E-state index in [1.165, 1.54) is 5.69 Å². The molecule has 1 aromatic heterocycles. The summed E-state index contributed by atoms with van der Waals surface area (Å²) in [5.41, 5.74) is 1.18. The molecule has 0 saturated carbocycles. The monoisotopic (exact) mass is 253 g/mol. The van der Waals surface area contributed by atoms with Gasteiger partial charge in [-0.3, -0.25) is 4.21 Å². The molecule has 0 radical (unpaired) electrons. The second-order valence-corrected chi connectivity index (χ2v) is 5.86. The third kappa shape index (κ3) is 3.43. The lowest BCUT2D eigenvalue weighted by Gasteiger charge is -2.28. The zero-order valence-corrected chi connectivity index (χ0v) is 11.0. The van der Waals surface area contributed by atoms with Crippen LogP contribution in [0.4, 0.5) is 11.5 Å². The van der Waals surface area contributed by atoms with Crippen LogP contribution in [0.1, 0.15) is 13.3 Å². The van der Waals surface area contributed by atoms with Gasteiger partial charge in [-0.1, -0.05) is 6.92 Å². The molecule has 1 aliphatic rings. The van der Waals surface area contributed by atoms with Crippen molar-refractivity contribution in [1.82, 2.24) is 4.98 Å². The molecule has 1 saturated heterocycles. The predicted octanol–water partition coefficient (Wildman–Crippen LogP) is 1.47. The number of rotatable bonds is 4. The van der Waals surface area contributed by atoms with Gasteiger partial charge in [0.25, 0.3) is 0 Å². The SMILES string of the molecule is CCCNc1cc(N2CCS(=O)CC2)ccn1. The molecule has 2 heterocycles. The topological polar surface area (TPSA) is 45.2 Å². The van der Waals surface area contributed by atoms with Crippen molar-refractivity contribution in [2.45, 2.75) is 13.3 Å². The molecule has 1 aliphatic heterocycles. The van der Waals surface area contributed by atoms with Crippen LogP contribution in [0.3, 0.4) is 0 Å². The van der Waals surface area contributed by atoms with Crippen molar-refractivity contribution in [2.24, 2.45) is 0 Å². The average Bonchev–Trinajstić information content (AvgIpc) is 2.37. The van der Waals surface area contributed by atoms with Crippen LogP contribution in [0.25, 0.3) is 0 Å². The predicted molar refractivity (Wildman–Crippen MR) is 73.1 cm³/mol. The van der Waals surface area contributed by atoms with E-state index in [-0.39, 0.29) is 0 Å². The maximum absolute atomic E-state index is 11.3. The first kappa shape index (κ1) is 12.4. The van der Waals surface area contributed by atoms with Crippen molar-refractivity contribution in [3.63, 3.8) is 0 Å². The van der Waals surface area contributed by atoms with Gasteiger partial charge in [0.2, 0.25) is 0 Å². The molecule has 1 fully saturated rings. The molecule has 1 N–H and O–H groups in total. The standard InChI is InChI=1S/C12H19N3OS/c1-2-4-13-12-10-11(3-5-14-12)15-6-8-17(16)9-7-15/h3,5,10H,2,4,6-9H2,1H3,(H,13,14). The summed E-state index contributed by atoms with van der Waals surface area (Å²) < 4.78 is 11.3. The highest BCUT2D eigenvalue weighted by Gasteiger charge is 2.15. The summed E-state index contributed by atoms with van der Waals surface area (Å²) in [6.07, 6.45) is 2.92. The van der Waals surface area contributed by atoms with Crippen LogP contribution in [0, 0.1) is 0 Å². The summed E-state index contributed by atoms with van der Waals surface area (Å²) in [7, 11) is -0.618. The van der Waals surface area contributed by atoms with Crippen LogP contribution in [-0.4, -0.2) is 40.3 Å². The molecule has 0 aliphatic carbocycles. The van der Waals surface area contributed by atoms with E-state index in [0.29, 0.717) is 0 Å². The Hall–Kier alpha value is -1.10. The second kappa shape index (κ2) is 6.00. The van der Waals surface area contributed by atoms with Crippen LogP contribution in [-0.2, 0) is 10.8 Å². The zero-order valence-electron chi connectivity index (χ0n) is 10.2. The Labute approximate surface area is 105 Å². The van der Waals surface area contributed by atoms with Crippen molar-refractivity contribution in [2.75, 3.05) is 41.4 Å². The largest absolute Gasteiger partial charge is 0.370 e. The van der Waals surface area contributed by atoms with E-state index in [1.54, 1.807) is 0 Å². The molecule has 0 amide bonds. The molecular formula is C12H19N3OS. The summed E-state index contributed by atoms with van der Waals surface area (Å²) in [6, 6.07) is 4.09. The number of nitrogens with one attached hydrogen (secondary N) is 1. The number of nitrogens with zero attached hydrogens (tertiary/aromatic N) is 2. The molecule has 0 atom stereocenters. The van der Waals surface area contributed by atoms with Gasteiger partial charge in [-0.2, -0.15) is 0 Å². The smallest absolute Gasteiger partial charge is 0.127 e. The maximum Gasteiger partial charge on any atom is 0.127 e. The van der Waals surface area contributed by atoms with Gasteiger partial charge in [0, 0.05) is 59.9 Å². The summed E-state index contributed by atoms with van der Waals surface area (Å²) in [5, 5.41) is 3.28. The molecule has 4 nitrogen and oxygen atoms in total. The van der Waals surface area contributed by atoms with E-state index in [1.807, 2.05) is 12.3 Å². The Morgan fingerprint density at radius 2 is 2.24 bits per heavy atom.